The average molecular weight is 310 g/mol. The summed E-state index contributed by atoms with van der Waals surface area (Å²) >= 11 is 0. The highest BCUT2D eigenvalue weighted by molar-refractivity contribution is 6.24. The van der Waals surface area contributed by atoms with Crippen LogP contribution in [0, 0.1) is 5.92 Å². The van der Waals surface area contributed by atoms with Crippen LogP contribution in [0.5, 0.6) is 0 Å². The van der Waals surface area contributed by atoms with E-state index in [-0.39, 0.29) is 42.0 Å². The van der Waals surface area contributed by atoms with Crippen LogP contribution in [0.15, 0.2) is 16.5 Å². The Hall–Kier alpha value is -1.85. The Morgan fingerprint density at radius 2 is 2.05 bits per heavy atom. The first-order valence-corrected chi connectivity index (χ1v) is 7.82. The van der Waals surface area contributed by atoms with E-state index in [0.717, 1.165) is 6.42 Å². The summed E-state index contributed by atoms with van der Waals surface area (Å²) in [6, 6.07) is 0. The zero-order valence-corrected chi connectivity index (χ0v) is 13.9. The lowest BCUT2D eigenvalue weighted by Crippen LogP contribution is -2.43. The summed E-state index contributed by atoms with van der Waals surface area (Å²) in [5.41, 5.74) is 0.673. The number of carbonyl (C=O) groups excluding carboxylic acids is 2. The summed E-state index contributed by atoms with van der Waals surface area (Å²) in [4.78, 5) is 30.8. The molecule has 0 saturated carbocycles. The molecule has 0 aromatic rings. The van der Waals surface area contributed by atoms with Gasteiger partial charge >= 0.3 is 0 Å². The molecule has 1 aliphatic rings. The lowest BCUT2D eigenvalue weighted by molar-refractivity contribution is -0.135. The van der Waals surface area contributed by atoms with E-state index in [4.69, 9.17) is 4.84 Å². The Morgan fingerprint density at radius 1 is 1.36 bits per heavy atom. The van der Waals surface area contributed by atoms with E-state index in [1.807, 2.05) is 20.8 Å². The van der Waals surface area contributed by atoms with Crippen molar-refractivity contribution in [2.45, 2.75) is 47.0 Å². The number of Topliss-reactive ketones (excluding diaryl/α,β-unsaturated/α-hetero) is 1. The second kappa shape index (κ2) is 8.56. The van der Waals surface area contributed by atoms with Gasteiger partial charge in [0.25, 0.3) is 0 Å². The molecule has 1 heterocycles. The third-order valence-electron chi connectivity index (χ3n) is 3.26. The van der Waals surface area contributed by atoms with Gasteiger partial charge in [0.15, 0.2) is 5.78 Å². The molecule has 1 N–H and O–H groups in total. The molecule has 6 nitrogen and oxygen atoms in total. The fraction of sp³-hybridized carbons (Fsp3) is 0.688. The highest BCUT2D eigenvalue weighted by Crippen LogP contribution is 2.19. The van der Waals surface area contributed by atoms with Crippen molar-refractivity contribution in [2.24, 2.45) is 11.1 Å². The predicted molar refractivity (Wildman–Crippen MR) is 84.7 cm³/mol. The van der Waals surface area contributed by atoms with Gasteiger partial charge in [-0.05, 0) is 19.3 Å². The number of aliphatic hydroxyl groups excluding tert-OH is 1. The Balaban J connectivity index is 2.97. The van der Waals surface area contributed by atoms with Crippen molar-refractivity contribution in [2.75, 3.05) is 19.7 Å². The van der Waals surface area contributed by atoms with Gasteiger partial charge < -0.3 is 14.8 Å². The van der Waals surface area contributed by atoms with Crippen LogP contribution >= 0.6 is 0 Å². The van der Waals surface area contributed by atoms with E-state index in [2.05, 4.69) is 5.16 Å². The van der Waals surface area contributed by atoms with Gasteiger partial charge in [0.2, 0.25) is 5.91 Å². The molecular weight excluding hydrogens is 284 g/mol. The van der Waals surface area contributed by atoms with Crippen molar-refractivity contribution in [1.29, 1.82) is 0 Å². The monoisotopic (exact) mass is 310 g/mol. The van der Waals surface area contributed by atoms with Gasteiger partial charge in [-0.15, -0.1) is 0 Å². The number of ketones is 1. The highest BCUT2D eigenvalue weighted by atomic mass is 16.6. The van der Waals surface area contributed by atoms with E-state index in [0.29, 0.717) is 25.2 Å². The molecule has 0 aliphatic carbocycles. The van der Waals surface area contributed by atoms with Crippen molar-refractivity contribution >= 4 is 17.4 Å². The molecular formula is C16H26N2O4. The van der Waals surface area contributed by atoms with Gasteiger partial charge in [0, 0.05) is 6.42 Å². The lowest BCUT2D eigenvalue weighted by Gasteiger charge is -2.28. The molecule has 0 spiro atoms. The van der Waals surface area contributed by atoms with Crippen LogP contribution in [0.4, 0.5) is 0 Å². The molecule has 0 aromatic heterocycles. The summed E-state index contributed by atoms with van der Waals surface area (Å²) in [5.74, 6) is -0.286. The lowest BCUT2D eigenvalue weighted by atomic mass is 9.96. The topological polar surface area (TPSA) is 79.2 Å². The summed E-state index contributed by atoms with van der Waals surface area (Å²) < 4.78 is 0. The molecule has 1 rings (SSSR count). The maximum atomic E-state index is 12.3. The molecule has 6 heteroatoms. The van der Waals surface area contributed by atoms with Crippen LogP contribution < -0.4 is 0 Å². The van der Waals surface area contributed by atoms with E-state index in [1.54, 1.807) is 6.92 Å². The Bertz CT molecular complexity index is 481. The Kier molecular flexibility index (Phi) is 7.08. The second-order valence-electron chi connectivity index (χ2n) is 5.80. The largest absolute Gasteiger partial charge is 0.510 e. The smallest absolute Gasteiger partial charge is 0.223 e. The van der Waals surface area contributed by atoms with E-state index in [1.165, 1.54) is 4.90 Å². The molecule has 1 amide bonds. The van der Waals surface area contributed by atoms with Gasteiger partial charge in [-0.2, -0.15) is 0 Å². The normalized spacial score (nSPS) is 16.5. The molecule has 0 radical (unpaired) electrons. The number of nitrogens with zero attached hydrogens (tertiary/aromatic N) is 2. The average Bonchev–Trinajstić information content (AvgIpc) is 2.43. The summed E-state index contributed by atoms with van der Waals surface area (Å²) in [6.45, 7) is 8.09. The van der Waals surface area contributed by atoms with Crippen LogP contribution in [0.25, 0.3) is 0 Å². The SMILES string of the molecule is CCCC(=NOCC)C1=C(O)CN(C(=O)CC(C)C)CC1=O. The quantitative estimate of drug-likeness (QED) is 0.578. The van der Waals surface area contributed by atoms with Crippen LogP contribution in [-0.2, 0) is 14.4 Å². The van der Waals surface area contributed by atoms with E-state index >= 15 is 0 Å². The molecule has 0 aromatic carbocycles. The van der Waals surface area contributed by atoms with Crippen LogP contribution in [-0.4, -0.2) is 47.1 Å². The third kappa shape index (κ3) is 4.86. The van der Waals surface area contributed by atoms with Gasteiger partial charge in [-0.1, -0.05) is 32.3 Å². The molecule has 1 aliphatic heterocycles. The number of rotatable bonds is 7. The van der Waals surface area contributed by atoms with Crippen LogP contribution in [0.1, 0.15) is 47.0 Å². The molecule has 124 valence electrons. The minimum absolute atomic E-state index is 0.0141. The molecule has 0 fully saturated rings. The van der Waals surface area contributed by atoms with E-state index < -0.39 is 0 Å². The standard InChI is InChI=1S/C16H26N2O4/c1-5-7-12(17-22-6-2)16-13(19)9-18(10-14(16)20)15(21)8-11(3)4/h11,19H,5-10H2,1-4H3. The molecule has 0 saturated heterocycles. The minimum Gasteiger partial charge on any atom is -0.510 e. The van der Waals surface area contributed by atoms with Crippen LogP contribution in [0.2, 0.25) is 0 Å². The number of hydrogen-bond acceptors (Lipinski definition) is 5. The van der Waals surface area contributed by atoms with Crippen molar-refractivity contribution in [3.63, 3.8) is 0 Å². The number of amides is 1. The fourth-order valence-electron chi connectivity index (χ4n) is 2.31. The van der Waals surface area contributed by atoms with Gasteiger partial charge in [0.05, 0.1) is 24.4 Å². The van der Waals surface area contributed by atoms with Crippen molar-refractivity contribution in [3.05, 3.63) is 11.3 Å². The van der Waals surface area contributed by atoms with Crippen molar-refractivity contribution < 1.29 is 19.5 Å². The molecule has 0 bridgehead atoms. The first kappa shape index (κ1) is 18.2. The zero-order valence-electron chi connectivity index (χ0n) is 13.9. The minimum atomic E-state index is -0.284. The summed E-state index contributed by atoms with van der Waals surface area (Å²) in [6.07, 6.45) is 1.70. The molecule has 0 unspecified atom stereocenters. The summed E-state index contributed by atoms with van der Waals surface area (Å²) in [5, 5.41) is 14.2. The second-order valence-corrected chi connectivity index (χ2v) is 5.80. The van der Waals surface area contributed by atoms with E-state index in [9.17, 15) is 14.7 Å². The maximum absolute atomic E-state index is 12.3. The molecule has 0 atom stereocenters. The van der Waals surface area contributed by atoms with Crippen molar-refractivity contribution in [3.8, 4) is 0 Å². The Morgan fingerprint density at radius 3 is 2.55 bits per heavy atom. The fourth-order valence-corrected chi connectivity index (χ4v) is 2.31. The number of aliphatic hydroxyl groups is 1. The van der Waals surface area contributed by atoms with Gasteiger partial charge in [-0.3, -0.25) is 9.59 Å². The zero-order chi connectivity index (χ0) is 16.7. The first-order valence-electron chi connectivity index (χ1n) is 7.82. The summed E-state index contributed by atoms with van der Waals surface area (Å²) in [7, 11) is 0. The first-order chi connectivity index (χ1) is 10.4. The number of carbonyl (C=O) groups is 2. The number of oxime groups is 1. The van der Waals surface area contributed by atoms with Crippen LogP contribution in [0.3, 0.4) is 0 Å². The number of hydrogen-bond donors (Lipinski definition) is 1. The third-order valence-corrected chi connectivity index (χ3v) is 3.26. The van der Waals surface area contributed by atoms with Crippen molar-refractivity contribution in [1.82, 2.24) is 4.90 Å². The Labute approximate surface area is 131 Å². The molecule has 22 heavy (non-hydrogen) atoms. The van der Waals surface area contributed by atoms with Gasteiger partial charge in [0.1, 0.15) is 12.4 Å². The highest BCUT2D eigenvalue weighted by Gasteiger charge is 2.31. The maximum Gasteiger partial charge on any atom is 0.223 e. The van der Waals surface area contributed by atoms with Gasteiger partial charge in [-0.25, -0.2) is 0 Å². The predicted octanol–water partition coefficient (Wildman–Crippen LogP) is 2.45.